The second-order valence-corrected chi connectivity index (χ2v) is 5.07. The average molecular weight is 212 g/mol. The number of carbonyl (C=O) groups is 1. The molecule has 15 heavy (non-hydrogen) atoms. The first-order valence-electron chi connectivity index (χ1n) is 6.23. The number of hydrogen-bond donors (Lipinski definition) is 0. The van der Waals surface area contributed by atoms with Crippen LogP contribution in [0.1, 0.15) is 59.3 Å². The van der Waals surface area contributed by atoms with Gasteiger partial charge in [0.2, 0.25) is 0 Å². The van der Waals surface area contributed by atoms with Crippen LogP contribution in [-0.4, -0.2) is 18.0 Å². The molecule has 0 aromatic heterocycles. The van der Waals surface area contributed by atoms with Crippen molar-refractivity contribution in [1.29, 1.82) is 0 Å². The fraction of sp³-hybridized carbons (Fsp3) is 0.923. The van der Waals surface area contributed by atoms with Gasteiger partial charge in [-0.2, -0.15) is 0 Å². The molecule has 0 bridgehead atoms. The summed E-state index contributed by atoms with van der Waals surface area (Å²) < 4.78 is 5.48. The van der Waals surface area contributed by atoms with Gasteiger partial charge in [0.25, 0.3) is 0 Å². The van der Waals surface area contributed by atoms with Gasteiger partial charge < -0.3 is 4.74 Å². The van der Waals surface area contributed by atoms with Gasteiger partial charge in [-0.1, -0.05) is 32.1 Å². The molecule has 2 heteroatoms. The lowest BCUT2D eigenvalue weighted by Gasteiger charge is -2.27. The molecule has 0 amide bonds. The zero-order valence-electron chi connectivity index (χ0n) is 10.3. The molecule has 0 atom stereocenters. The summed E-state index contributed by atoms with van der Waals surface area (Å²) >= 11 is 0. The Bertz CT molecular complexity index is 203. The van der Waals surface area contributed by atoms with Gasteiger partial charge in [-0.05, 0) is 26.7 Å². The minimum Gasteiger partial charge on any atom is -0.368 e. The largest absolute Gasteiger partial charge is 0.368 e. The number of Topliss-reactive ketones (excluding diaryl/α,β-unsaturated/α-hetero) is 1. The van der Waals surface area contributed by atoms with Crippen LogP contribution in [0.3, 0.4) is 0 Å². The third-order valence-corrected chi connectivity index (χ3v) is 3.38. The Labute approximate surface area is 93.4 Å². The summed E-state index contributed by atoms with van der Waals surface area (Å²) in [6.07, 6.45) is 7.12. The number of ketones is 1. The molecule has 1 saturated carbocycles. The molecular formula is C13H24O2. The molecule has 0 radical (unpaired) electrons. The van der Waals surface area contributed by atoms with Crippen molar-refractivity contribution in [2.75, 3.05) is 6.61 Å². The smallest absolute Gasteiger partial charge is 0.164 e. The minimum absolute atomic E-state index is 0.274. The van der Waals surface area contributed by atoms with Gasteiger partial charge in [0.1, 0.15) is 5.60 Å². The second kappa shape index (κ2) is 5.64. The highest BCUT2D eigenvalue weighted by Crippen LogP contribution is 2.28. The number of ether oxygens (including phenoxy) is 1. The van der Waals surface area contributed by atoms with E-state index in [1.54, 1.807) is 0 Å². The van der Waals surface area contributed by atoms with Crippen LogP contribution in [0, 0.1) is 5.92 Å². The Kier molecular flexibility index (Phi) is 4.78. The Morgan fingerprint density at radius 3 is 2.40 bits per heavy atom. The predicted molar refractivity (Wildman–Crippen MR) is 61.9 cm³/mol. The molecule has 0 N–H and O–H groups in total. The molecular weight excluding hydrogens is 188 g/mol. The monoisotopic (exact) mass is 212 g/mol. The van der Waals surface area contributed by atoms with Crippen LogP contribution in [0.4, 0.5) is 0 Å². The van der Waals surface area contributed by atoms with Gasteiger partial charge >= 0.3 is 0 Å². The molecule has 0 aromatic rings. The van der Waals surface area contributed by atoms with E-state index in [9.17, 15) is 4.79 Å². The lowest BCUT2D eigenvalue weighted by atomic mass is 9.83. The average Bonchev–Trinajstić information content (AvgIpc) is 2.19. The summed E-state index contributed by atoms with van der Waals surface area (Å²) in [5, 5.41) is 0. The SMILES string of the molecule is CCOC(C)(C)C(=O)CC1CCCCC1. The summed E-state index contributed by atoms with van der Waals surface area (Å²) in [7, 11) is 0. The topological polar surface area (TPSA) is 26.3 Å². The fourth-order valence-corrected chi connectivity index (χ4v) is 2.34. The zero-order valence-corrected chi connectivity index (χ0v) is 10.3. The third kappa shape index (κ3) is 3.94. The Balaban J connectivity index is 2.39. The first-order valence-corrected chi connectivity index (χ1v) is 6.23. The summed E-state index contributed by atoms with van der Waals surface area (Å²) in [6, 6.07) is 0. The van der Waals surface area contributed by atoms with Crippen molar-refractivity contribution in [1.82, 2.24) is 0 Å². The molecule has 1 fully saturated rings. The van der Waals surface area contributed by atoms with E-state index in [1.165, 1.54) is 32.1 Å². The van der Waals surface area contributed by atoms with E-state index in [4.69, 9.17) is 4.74 Å². The molecule has 0 unspecified atom stereocenters. The fourth-order valence-electron chi connectivity index (χ4n) is 2.34. The van der Waals surface area contributed by atoms with Crippen molar-refractivity contribution < 1.29 is 9.53 Å². The summed E-state index contributed by atoms with van der Waals surface area (Å²) in [5.74, 6) is 0.891. The molecule has 0 saturated heterocycles. The van der Waals surface area contributed by atoms with E-state index in [-0.39, 0.29) is 5.78 Å². The number of carbonyl (C=O) groups excluding carboxylic acids is 1. The van der Waals surface area contributed by atoms with E-state index >= 15 is 0 Å². The molecule has 88 valence electrons. The van der Waals surface area contributed by atoms with Gasteiger partial charge in [0.05, 0.1) is 0 Å². The maximum absolute atomic E-state index is 12.0. The van der Waals surface area contributed by atoms with E-state index < -0.39 is 5.60 Å². The standard InChI is InChI=1S/C13H24O2/c1-4-15-13(2,3)12(14)10-11-8-6-5-7-9-11/h11H,4-10H2,1-3H3. The number of hydrogen-bond acceptors (Lipinski definition) is 2. The highest BCUT2D eigenvalue weighted by molar-refractivity contribution is 5.86. The number of rotatable bonds is 5. The predicted octanol–water partition coefficient (Wildman–Crippen LogP) is 3.34. The summed E-state index contributed by atoms with van der Waals surface area (Å²) in [5.41, 5.74) is -0.577. The van der Waals surface area contributed by atoms with Crippen LogP contribution in [0.15, 0.2) is 0 Å². The highest BCUT2D eigenvalue weighted by Gasteiger charge is 2.30. The molecule has 0 heterocycles. The third-order valence-electron chi connectivity index (χ3n) is 3.38. The van der Waals surface area contributed by atoms with Crippen LogP contribution in [-0.2, 0) is 9.53 Å². The summed E-state index contributed by atoms with van der Waals surface area (Å²) in [6.45, 7) is 6.34. The van der Waals surface area contributed by atoms with Gasteiger partial charge in [-0.3, -0.25) is 4.79 Å². The van der Waals surface area contributed by atoms with E-state index in [0.29, 0.717) is 18.9 Å². The maximum Gasteiger partial charge on any atom is 0.164 e. The van der Waals surface area contributed by atoms with Crippen molar-refractivity contribution >= 4 is 5.78 Å². The van der Waals surface area contributed by atoms with E-state index in [2.05, 4.69) is 0 Å². The molecule has 0 aromatic carbocycles. The highest BCUT2D eigenvalue weighted by atomic mass is 16.5. The molecule has 0 aliphatic heterocycles. The normalized spacial score (nSPS) is 19.1. The van der Waals surface area contributed by atoms with Crippen LogP contribution < -0.4 is 0 Å². The van der Waals surface area contributed by atoms with Crippen LogP contribution >= 0.6 is 0 Å². The van der Waals surface area contributed by atoms with Crippen molar-refractivity contribution in [2.24, 2.45) is 5.92 Å². The Hall–Kier alpha value is -0.370. The Morgan fingerprint density at radius 1 is 1.27 bits per heavy atom. The van der Waals surface area contributed by atoms with Crippen LogP contribution in [0.2, 0.25) is 0 Å². The summed E-state index contributed by atoms with van der Waals surface area (Å²) in [4.78, 5) is 12.0. The minimum atomic E-state index is -0.577. The Morgan fingerprint density at radius 2 is 1.87 bits per heavy atom. The van der Waals surface area contributed by atoms with Gasteiger partial charge in [0, 0.05) is 13.0 Å². The quantitative estimate of drug-likeness (QED) is 0.698. The molecule has 1 aliphatic rings. The molecule has 1 aliphatic carbocycles. The molecule has 1 rings (SSSR count). The van der Waals surface area contributed by atoms with Crippen molar-refractivity contribution in [3.05, 3.63) is 0 Å². The van der Waals surface area contributed by atoms with Gasteiger partial charge in [-0.25, -0.2) is 0 Å². The van der Waals surface area contributed by atoms with Crippen molar-refractivity contribution in [2.45, 2.75) is 64.9 Å². The molecule has 2 nitrogen and oxygen atoms in total. The van der Waals surface area contributed by atoms with Crippen LogP contribution in [0.25, 0.3) is 0 Å². The maximum atomic E-state index is 12.0. The molecule has 0 spiro atoms. The van der Waals surface area contributed by atoms with E-state index in [0.717, 1.165) is 0 Å². The first-order chi connectivity index (χ1) is 7.06. The van der Waals surface area contributed by atoms with Gasteiger partial charge in [0.15, 0.2) is 5.78 Å². The lowest BCUT2D eigenvalue weighted by Crippen LogP contribution is -2.36. The second-order valence-electron chi connectivity index (χ2n) is 5.07. The van der Waals surface area contributed by atoms with Gasteiger partial charge in [-0.15, -0.1) is 0 Å². The van der Waals surface area contributed by atoms with E-state index in [1.807, 2.05) is 20.8 Å². The van der Waals surface area contributed by atoms with Crippen molar-refractivity contribution in [3.63, 3.8) is 0 Å². The van der Waals surface area contributed by atoms with Crippen LogP contribution in [0.5, 0.6) is 0 Å². The van der Waals surface area contributed by atoms with Crippen molar-refractivity contribution in [3.8, 4) is 0 Å². The zero-order chi connectivity index (χ0) is 11.3. The lowest BCUT2D eigenvalue weighted by molar-refractivity contribution is -0.141. The first kappa shape index (κ1) is 12.7.